The van der Waals surface area contributed by atoms with Gasteiger partial charge >= 0.3 is 5.56 Å². The van der Waals surface area contributed by atoms with Gasteiger partial charge in [0.05, 0.1) is 26.0 Å². The molecule has 1 aliphatic rings. The molecule has 1 aromatic carbocycles. The third-order valence-corrected chi connectivity index (χ3v) is 5.19. The third kappa shape index (κ3) is 3.86. The number of aromatic nitrogens is 2. The fourth-order valence-electron chi connectivity index (χ4n) is 3.71. The molecular formula is C21H22F2N3O3+. The molecule has 2 aromatic heterocycles. The molecule has 29 heavy (non-hydrogen) atoms. The number of halogens is 2. The second-order valence-electron chi connectivity index (χ2n) is 7.02. The van der Waals surface area contributed by atoms with Crippen LogP contribution in [0.4, 0.5) is 8.78 Å². The van der Waals surface area contributed by atoms with E-state index in [1.807, 2.05) is 0 Å². The second-order valence-corrected chi connectivity index (χ2v) is 7.02. The predicted octanol–water partition coefficient (Wildman–Crippen LogP) is 1.96. The number of fused-ring (bicyclic) bond motifs is 1. The monoisotopic (exact) mass is 402 g/mol. The van der Waals surface area contributed by atoms with Gasteiger partial charge in [0.1, 0.15) is 11.6 Å². The van der Waals surface area contributed by atoms with Crippen LogP contribution in [0, 0.1) is 11.6 Å². The van der Waals surface area contributed by atoms with Gasteiger partial charge in [0.15, 0.2) is 5.56 Å². The van der Waals surface area contributed by atoms with Gasteiger partial charge in [-0.05, 0) is 24.6 Å². The summed E-state index contributed by atoms with van der Waals surface area (Å²) in [5, 5.41) is 10.9. The lowest BCUT2D eigenvalue weighted by Gasteiger charge is -2.26. The van der Waals surface area contributed by atoms with Crippen molar-refractivity contribution in [1.29, 1.82) is 0 Å². The van der Waals surface area contributed by atoms with Crippen LogP contribution < -0.4 is 10.1 Å². The van der Waals surface area contributed by atoms with Crippen LogP contribution in [0.3, 0.4) is 0 Å². The summed E-state index contributed by atoms with van der Waals surface area (Å²) < 4.78 is 36.0. The van der Waals surface area contributed by atoms with Crippen molar-refractivity contribution in [1.82, 2.24) is 9.30 Å². The van der Waals surface area contributed by atoms with Crippen molar-refractivity contribution in [2.45, 2.75) is 13.0 Å². The fraction of sp³-hybridized carbons (Fsp3) is 0.333. The number of nitrogens with zero attached hydrogens (tertiary/aromatic N) is 3. The Kier molecular flexibility index (Phi) is 5.55. The molecule has 1 aliphatic heterocycles. The van der Waals surface area contributed by atoms with Gasteiger partial charge in [0.25, 0.3) is 11.5 Å². The first kappa shape index (κ1) is 19.5. The maximum absolute atomic E-state index is 14.4. The highest BCUT2D eigenvalue weighted by atomic mass is 19.1. The topological polar surface area (TPSA) is 58.1 Å². The molecule has 0 amide bonds. The Labute approximate surface area is 166 Å². The fourth-order valence-corrected chi connectivity index (χ4v) is 3.71. The molecule has 0 spiro atoms. The zero-order valence-electron chi connectivity index (χ0n) is 15.9. The van der Waals surface area contributed by atoms with E-state index in [-0.39, 0.29) is 17.0 Å². The van der Waals surface area contributed by atoms with Crippen molar-refractivity contribution in [3.05, 3.63) is 64.6 Å². The van der Waals surface area contributed by atoms with E-state index in [0.29, 0.717) is 31.5 Å². The molecule has 4 rings (SSSR count). The van der Waals surface area contributed by atoms with Gasteiger partial charge in [-0.25, -0.2) is 13.6 Å². The van der Waals surface area contributed by atoms with Crippen LogP contribution >= 0.6 is 0 Å². The van der Waals surface area contributed by atoms with Gasteiger partial charge in [-0.3, -0.25) is 4.90 Å². The first-order valence-corrected chi connectivity index (χ1v) is 9.58. The summed E-state index contributed by atoms with van der Waals surface area (Å²) in [6.45, 7) is 4.38. The first-order chi connectivity index (χ1) is 14.1. The van der Waals surface area contributed by atoms with Crippen molar-refractivity contribution in [3.8, 4) is 17.0 Å². The van der Waals surface area contributed by atoms with E-state index >= 15 is 0 Å². The Bertz CT molecular complexity index is 1090. The number of hydrogen-bond donors (Lipinski definition) is 1. The largest absolute Gasteiger partial charge is 0.477 e. The third-order valence-electron chi connectivity index (χ3n) is 5.19. The number of ether oxygens (including phenoxy) is 1. The van der Waals surface area contributed by atoms with Gasteiger partial charge in [0, 0.05) is 37.3 Å². The molecule has 3 aromatic rings. The van der Waals surface area contributed by atoms with Gasteiger partial charge in [0.2, 0.25) is 0 Å². The second kappa shape index (κ2) is 8.26. The zero-order chi connectivity index (χ0) is 20.4. The van der Waals surface area contributed by atoms with Crippen molar-refractivity contribution in [2.24, 2.45) is 0 Å². The van der Waals surface area contributed by atoms with Crippen molar-refractivity contribution in [2.75, 3.05) is 32.8 Å². The predicted molar refractivity (Wildman–Crippen MR) is 103 cm³/mol. The Morgan fingerprint density at radius 2 is 1.93 bits per heavy atom. The maximum atomic E-state index is 14.4. The number of aromatic hydroxyl groups is 1. The van der Waals surface area contributed by atoms with Crippen LogP contribution in [0.15, 0.2) is 47.4 Å². The molecule has 1 fully saturated rings. The molecule has 0 saturated carbocycles. The minimum atomic E-state index is -0.895. The normalized spacial score (nSPS) is 15.1. The van der Waals surface area contributed by atoms with Gasteiger partial charge in [-0.2, -0.15) is 8.97 Å². The Morgan fingerprint density at radius 1 is 1.14 bits per heavy atom. The summed E-state index contributed by atoms with van der Waals surface area (Å²) in [5.41, 5.74) is -0.372. The summed E-state index contributed by atoms with van der Waals surface area (Å²) in [7, 11) is 0. The first-order valence-electron chi connectivity index (χ1n) is 9.58. The molecule has 0 unspecified atom stereocenters. The quantitative estimate of drug-likeness (QED) is 0.663. The number of rotatable bonds is 5. The number of benzene rings is 1. The average molecular weight is 402 g/mol. The summed E-state index contributed by atoms with van der Waals surface area (Å²) in [6.07, 6.45) is 2.30. The van der Waals surface area contributed by atoms with Gasteiger partial charge in [-0.1, -0.05) is 6.07 Å². The lowest BCUT2D eigenvalue weighted by Crippen LogP contribution is -2.43. The SMILES string of the molecule is O=c1c(-c2ccc(F)cc2F)c(O)[n+](CCCN2CCOCC2)c2ccccn12. The van der Waals surface area contributed by atoms with Crippen LogP contribution in [0.2, 0.25) is 0 Å². The Morgan fingerprint density at radius 3 is 2.69 bits per heavy atom. The molecule has 3 heterocycles. The molecule has 152 valence electrons. The Hall–Kier alpha value is -2.84. The van der Waals surface area contributed by atoms with Crippen LogP contribution in [0.5, 0.6) is 5.88 Å². The van der Waals surface area contributed by atoms with Crippen molar-refractivity contribution >= 4 is 5.65 Å². The highest BCUT2D eigenvalue weighted by molar-refractivity contribution is 5.67. The zero-order valence-corrected chi connectivity index (χ0v) is 15.9. The number of hydrogen-bond acceptors (Lipinski definition) is 4. The molecule has 8 heteroatoms. The number of aryl methyl sites for hydroxylation is 1. The molecule has 1 saturated heterocycles. The van der Waals surface area contributed by atoms with Crippen molar-refractivity contribution < 1.29 is 23.2 Å². The van der Waals surface area contributed by atoms with E-state index in [0.717, 1.165) is 32.1 Å². The van der Waals surface area contributed by atoms with Crippen LogP contribution in [0.1, 0.15) is 6.42 Å². The smallest absolute Gasteiger partial charge is 0.354 e. The summed E-state index contributed by atoms with van der Waals surface area (Å²) in [4.78, 5) is 15.2. The molecule has 0 aliphatic carbocycles. The highest BCUT2D eigenvalue weighted by Gasteiger charge is 2.26. The van der Waals surface area contributed by atoms with Crippen molar-refractivity contribution in [3.63, 3.8) is 0 Å². The lowest BCUT2D eigenvalue weighted by atomic mass is 10.1. The average Bonchev–Trinajstić information content (AvgIpc) is 2.73. The molecule has 0 radical (unpaired) electrons. The molecule has 6 nitrogen and oxygen atoms in total. The van der Waals surface area contributed by atoms with E-state index in [2.05, 4.69) is 4.90 Å². The van der Waals surface area contributed by atoms with Crippen LogP contribution in [0.25, 0.3) is 16.8 Å². The van der Waals surface area contributed by atoms with Gasteiger partial charge < -0.3 is 9.84 Å². The summed E-state index contributed by atoms with van der Waals surface area (Å²) in [5.74, 6) is -1.97. The molecule has 0 atom stereocenters. The van der Waals surface area contributed by atoms with E-state index < -0.39 is 17.2 Å². The number of morpholine rings is 1. The van der Waals surface area contributed by atoms with Crippen LogP contribution in [-0.4, -0.2) is 47.3 Å². The summed E-state index contributed by atoms with van der Waals surface area (Å²) >= 11 is 0. The van der Waals surface area contributed by atoms with Crippen LogP contribution in [-0.2, 0) is 11.3 Å². The molecule has 0 bridgehead atoms. The van der Waals surface area contributed by atoms with E-state index in [1.165, 1.54) is 10.5 Å². The minimum Gasteiger partial charge on any atom is -0.477 e. The standard InChI is InChI=1S/C21H21F2N3O3/c22-15-5-6-16(17(23)14-15)19-20(27)25-8-2-1-4-18(25)26(21(19)28)9-3-7-24-10-12-29-13-11-24/h1-2,4-6,8,14H,3,7,9-13H2/p+1. The lowest BCUT2D eigenvalue weighted by molar-refractivity contribution is -0.680. The Balaban J connectivity index is 1.75. The highest BCUT2D eigenvalue weighted by Crippen LogP contribution is 2.26. The van der Waals surface area contributed by atoms with E-state index in [1.54, 1.807) is 29.0 Å². The van der Waals surface area contributed by atoms with E-state index in [4.69, 9.17) is 4.74 Å². The molecular weight excluding hydrogens is 380 g/mol. The van der Waals surface area contributed by atoms with Gasteiger partial charge in [-0.15, -0.1) is 0 Å². The minimum absolute atomic E-state index is 0.130. The summed E-state index contributed by atoms with van der Waals surface area (Å²) in [6, 6.07) is 8.13. The maximum Gasteiger partial charge on any atom is 0.354 e. The van der Waals surface area contributed by atoms with E-state index in [9.17, 15) is 18.7 Å². The molecule has 1 N–H and O–H groups in total. The number of pyridine rings is 1.